The standard InChI is InChI=1S/C12H18FN/c1-9-4-5-11(13)10(8-9)6-7-12(2,3)14/h4-5,8H,6-7,14H2,1-3H3. The zero-order valence-corrected chi connectivity index (χ0v) is 9.10. The lowest BCUT2D eigenvalue weighted by Gasteiger charge is -2.18. The Hall–Kier alpha value is -0.890. The Bertz CT molecular complexity index is 313. The molecule has 0 aliphatic rings. The molecule has 0 radical (unpaired) electrons. The summed E-state index contributed by atoms with van der Waals surface area (Å²) in [5.41, 5.74) is 7.48. The van der Waals surface area contributed by atoms with Gasteiger partial charge in [-0.1, -0.05) is 17.7 Å². The van der Waals surface area contributed by atoms with E-state index in [1.807, 2.05) is 26.8 Å². The van der Waals surface area contributed by atoms with Crippen molar-refractivity contribution in [3.8, 4) is 0 Å². The molecule has 14 heavy (non-hydrogen) atoms. The first-order valence-electron chi connectivity index (χ1n) is 4.92. The second-order valence-electron chi connectivity index (χ2n) is 4.58. The summed E-state index contributed by atoms with van der Waals surface area (Å²) in [5, 5.41) is 0. The molecule has 0 spiro atoms. The summed E-state index contributed by atoms with van der Waals surface area (Å²) in [7, 11) is 0. The molecular weight excluding hydrogens is 177 g/mol. The lowest BCUT2D eigenvalue weighted by atomic mass is 9.96. The number of rotatable bonds is 3. The lowest BCUT2D eigenvalue weighted by molar-refractivity contribution is 0.470. The van der Waals surface area contributed by atoms with Crippen molar-refractivity contribution >= 4 is 0 Å². The van der Waals surface area contributed by atoms with E-state index < -0.39 is 0 Å². The van der Waals surface area contributed by atoms with Crippen molar-refractivity contribution in [2.45, 2.75) is 39.2 Å². The summed E-state index contributed by atoms with van der Waals surface area (Å²) in [5.74, 6) is -0.125. The molecule has 1 rings (SSSR count). The van der Waals surface area contributed by atoms with Gasteiger partial charge in [0.15, 0.2) is 0 Å². The van der Waals surface area contributed by atoms with Crippen LogP contribution >= 0.6 is 0 Å². The van der Waals surface area contributed by atoms with Gasteiger partial charge >= 0.3 is 0 Å². The van der Waals surface area contributed by atoms with Gasteiger partial charge in [-0.25, -0.2) is 4.39 Å². The molecule has 1 aromatic carbocycles. The van der Waals surface area contributed by atoms with E-state index >= 15 is 0 Å². The SMILES string of the molecule is Cc1ccc(F)c(CCC(C)(C)N)c1. The molecule has 0 heterocycles. The highest BCUT2D eigenvalue weighted by Crippen LogP contribution is 2.15. The minimum absolute atomic E-state index is 0.125. The summed E-state index contributed by atoms with van der Waals surface area (Å²) in [6.07, 6.45) is 1.50. The first-order valence-corrected chi connectivity index (χ1v) is 4.92. The van der Waals surface area contributed by atoms with Crippen LogP contribution in [0.5, 0.6) is 0 Å². The minimum Gasteiger partial charge on any atom is -0.326 e. The van der Waals surface area contributed by atoms with Crippen molar-refractivity contribution in [1.29, 1.82) is 0 Å². The predicted molar refractivity (Wildman–Crippen MR) is 57.7 cm³/mol. The monoisotopic (exact) mass is 195 g/mol. The number of hydrogen-bond donors (Lipinski definition) is 1. The third-order valence-corrected chi connectivity index (χ3v) is 2.24. The first kappa shape index (κ1) is 11.2. The summed E-state index contributed by atoms with van der Waals surface area (Å²) in [6.45, 7) is 5.89. The van der Waals surface area contributed by atoms with Crippen LogP contribution in [0.15, 0.2) is 18.2 Å². The molecule has 2 heteroatoms. The van der Waals surface area contributed by atoms with Crippen LogP contribution in [0.2, 0.25) is 0 Å². The largest absolute Gasteiger partial charge is 0.326 e. The molecule has 78 valence electrons. The van der Waals surface area contributed by atoms with E-state index in [1.165, 1.54) is 6.07 Å². The molecule has 1 aromatic rings. The van der Waals surface area contributed by atoms with Crippen molar-refractivity contribution in [1.82, 2.24) is 0 Å². The first-order chi connectivity index (χ1) is 6.38. The molecule has 0 amide bonds. The van der Waals surface area contributed by atoms with Crippen LogP contribution < -0.4 is 5.73 Å². The van der Waals surface area contributed by atoms with Crippen LogP contribution in [-0.4, -0.2) is 5.54 Å². The summed E-state index contributed by atoms with van der Waals surface area (Å²) >= 11 is 0. The van der Waals surface area contributed by atoms with Gasteiger partial charge in [0.05, 0.1) is 0 Å². The highest BCUT2D eigenvalue weighted by molar-refractivity contribution is 5.24. The number of halogens is 1. The van der Waals surface area contributed by atoms with Gasteiger partial charge < -0.3 is 5.73 Å². The van der Waals surface area contributed by atoms with Crippen LogP contribution in [0.3, 0.4) is 0 Å². The predicted octanol–water partition coefficient (Wildman–Crippen LogP) is 2.80. The van der Waals surface area contributed by atoms with Gasteiger partial charge in [0.2, 0.25) is 0 Å². The van der Waals surface area contributed by atoms with Crippen molar-refractivity contribution in [2.75, 3.05) is 0 Å². The quantitative estimate of drug-likeness (QED) is 0.788. The van der Waals surface area contributed by atoms with Gasteiger partial charge in [0.25, 0.3) is 0 Å². The smallest absolute Gasteiger partial charge is 0.126 e. The van der Waals surface area contributed by atoms with Crippen LogP contribution in [0.1, 0.15) is 31.4 Å². The Morgan fingerprint density at radius 3 is 2.57 bits per heavy atom. The average molecular weight is 195 g/mol. The molecule has 0 aliphatic carbocycles. The Kier molecular flexibility index (Phi) is 3.27. The van der Waals surface area contributed by atoms with Crippen LogP contribution in [0, 0.1) is 12.7 Å². The Morgan fingerprint density at radius 2 is 2.00 bits per heavy atom. The summed E-state index contributed by atoms with van der Waals surface area (Å²) < 4.78 is 13.3. The maximum absolute atomic E-state index is 13.3. The molecule has 0 atom stereocenters. The summed E-state index contributed by atoms with van der Waals surface area (Å²) in [6, 6.07) is 5.20. The molecule has 0 bridgehead atoms. The van der Waals surface area contributed by atoms with Gasteiger partial charge in [0.1, 0.15) is 5.82 Å². The number of hydrogen-bond acceptors (Lipinski definition) is 1. The lowest BCUT2D eigenvalue weighted by Crippen LogP contribution is -2.32. The van der Waals surface area contributed by atoms with Crippen molar-refractivity contribution in [3.05, 3.63) is 35.1 Å². The van der Waals surface area contributed by atoms with E-state index in [2.05, 4.69) is 0 Å². The molecule has 0 saturated carbocycles. The Morgan fingerprint density at radius 1 is 1.36 bits per heavy atom. The Labute approximate surface area is 85.1 Å². The molecule has 2 N–H and O–H groups in total. The van der Waals surface area contributed by atoms with Crippen molar-refractivity contribution < 1.29 is 4.39 Å². The molecule has 0 unspecified atom stereocenters. The van der Waals surface area contributed by atoms with E-state index in [0.29, 0.717) is 6.42 Å². The van der Waals surface area contributed by atoms with Crippen LogP contribution in [0.4, 0.5) is 4.39 Å². The Balaban J connectivity index is 2.72. The maximum atomic E-state index is 13.3. The second kappa shape index (κ2) is 4.09. The summed E-state index contributed by atoms with van der Waals surface area (Å²) in [4.78, 5) is 0. The van der Waals surface area contributed by atoms with E-state index in [4.69, 9.17) is 5.73 Å². The number of aryl methyl sites for hydroxylation is 2. The minimum atomic E-state index is -0.226. The fourth-order valence-corrected chi connectivity index (χ4v) is 1.35. The molecule has 0 aromatic heterocycles. The number of nitrogens with two attached hydrogens (primary N) is 1. The highest BCUT2D eigenvalue weighted by atomic mass is 19.1. The van der Waals surface area contributed by atoms with Crippen LogP contribution in [-0.2, 0) is 6.42 Å². The van der Waals surface area contributed by atoms with Gasteiger partial charge in [-0.3, -0.25) is 0 Å². The maximum Gasteiger partial charge on any atom is 0.126 e. The molecule has 0 fully saturated rings. The van der Waals surface area contributed by atoms with E-state index in [9.17, 15) is 4.39 Å². The van der Waals surface area contributed by atoms with Gasteiger partial charge in [-0.05, 0) is 45.2 Å². The molecule has 0 saturated heterocycles. The zero-order chi connectivity index (χ0) is 10.8. The normalized spacial score (nSPS) is 11.8. The molecular formula is C12H18FN. The fraction of sp³-hybridized carbons (Fsp3) is 0.500. The highest BCUT2D eigenvalue weighted by Gasteiger charge is 2.12. The third kappa shape index (κ3) is 3.46. The number of benzene rings is 1. The second-order valence-corrected chi connectivity index (χ2v) is 4.58. The average Bonchev–Trinajstić information content (AvgIpc) is 2.05. The van der Waals surface area contributed by atoms with Gasteiger partial charge in [0, 0.05) is 5.54 Å². The van der Waals surface area contributed by atoms with Crippen LogP contribution in [0.25, 0.3) is 0 Å². The van der Waals surface area contributed by atoms with E-state index in [-0.39, 0.29) is 11.4 Å². The zero-order valence-electron chi connectivity index (χ0n) is 9.10. The van der Waals surface area contributed by atoms with E-state index in [0.717, 1.165) is 17.5 Å². The van der Waals surface area contributed by atoms with Gasteiger partial charge in [-0.2, -0.15) is 0 Å². The van der Waals surface area contributed by atoms with Crippen molar-refractivity contribution in [3.63, 3.8) is 0 Å². The molecule has 1 nitrogen and oxygen atoms in total. The van der Waals surface area contributed by atoms with E-state index in [1.54, 1.807) is 6.07 Å². The van der Waals surface area contributed by atoms with Crippen molar-refractivity contribution in [2.24, 2.45) is 5.73 Å². The topological polar surface area (TPSA) is 26.0 Å². The third-order valence-electron chi connectivity index (χ3n) is 2.24. The molecule has 0 aliphatic heterocycles. The van der Waals surface area contributed by atoms with Gasteiger partial charge in [-0.15, -0.1) is 0 Å². The fourth-order valence-electron chi connectivity index (χ4n) is 1.35.